The molecule has 0 fully saturated rings. The van der Waals surface area contributed by atoms with Crippen LogP contribution < -0.4 is 5.32 Å². The van der Waals surface area contributed by atoms with Gasteiger partial charge in [-0.25, -0.2) is 0 Å². The average Bonchev–Trinajstić information content (AvgIpc) is 2.23. The SMILES string of the molecule is C=C[Si](C=C)(C=C)N(C)C.CNC.COC. The summed E-state index contributed by atoms with van der Waals surface area (Å²) >= 11 is 0. The largest absolute Gasteiger partial charge is 0.388 e. The summed E-state index contributed by atoms with van der Waals surface area (Å²) in [6.07, 6.45) is 0. The molecule has 0 saturated carbocycles. The van der Waals surface area contributed by atoms with E-state index in [1.165, 1.54) is 0 Å². The minimum atomic E-state index is -1.67. The molecule has 0 unspecified atom stereocenters. The van der Waals surface area contributed by atoms with Gasteiger partial charge in [0, 0.05) is 14.2 Å². The second kappa shape index (κ2) is 14.3. The van der Waals surface area contributed by atoms with Gasteiger partial charge in [0.25, 0.3) is 0 Å². The summed E-state index contributed by atoms with van der Waals surface area (Å²) in [6, 6.07) is 0. The van der Waals surface area contributed by atoms with E-state index in [2.05, 4.69) is 34.4 Å². The van der Waals surface area contributed by atoms with E-state index in [0.717, 1.165) is 0 Å². The summed E-state index contributed by atoms with van der Waals surface area (Å²) in [5.41, 5.74) is 5.85. The van der Waals surface area contributed by atoms with Crippen LogP contribution in [-0.4, -0.2) is 55.2 Å². The lowest BCUT2D eigenvalue weighted by atomic mass is 11.2. The lowest BCUT2D eigenvalue weighted by Gasteiger charge is -2.27. The van der Waals surface area contributed by atoms with Gasteiger partial charge in [-0.15, -0.1) is 19.7 Å². The maximum absolute atomic E-state index is 4.25. The average molecular weight is 244 g/mol. The monoisotopic (exact) mass is 244 g/mol. The number of rotatable bonds is 4. The maximum Gasteiger partial charge on any atom is 0.200 e. The van der Waals surface area contributed by atoms with E-state index in [-0.39, 0.29) is 0 Å². The number of nitrogens with one attached hydrogen (secondary N) is 1. The van der Waals surface area contributed by atoms with Crippen molar-refractivity contribution in [2.75, 3.05) is 42.4 Å². The Hall–Kier alpha value is -0.683. The molecule has 0 heterocycles. The van der Waals surface area contributed by atoms with E-state index in [1.807, 2.05) is 45.3 Å². The molecular weight excluding hydrogens is 216 g/mol. The number of hydrogen-bond acceptors (Lipinski definition) is 3. The van der Waals surface area contributed by atoms with Crippen molar-refractivity contribution >= 4 is 8.24 Å². The molecular formula is C12H28N2OSi. The van der Waals surface area contributed by atoms with Crippen LogP contribution in [0.2, 0.25) is 0 Å². The Balaban J connectivity index is -0.000000235. The number of hydrogen-bond donors (Lipinski definition) is 1. The molecule has 16 heavy (non-hydrogen) atoms. The summed E-state index contributed by atoms with van der Waals surface area (Å²) in [4.78, 5) is 0. The van der Waals surface area contributed by atoms with Crippen LogP contribution in [0.3, 0.4) is 0 Å². The van der Waals surface area contributed by atoms with Crippen LogP contribution in [0.15, 0.2) is 36.8 Å². The molecule has 4 heteroatoms. The highest BCUT2D eigenvalue weighted by Gasteiger charge is 2.24. The first-order valence-electron chi connectivity index (χ1n) is 5.03. The van der Waals surface area contributed by atoms with Crippen molar-refractivity contribution < 1.29 is 4.74 Å². The smallest absolute Gasteiger partial charge is 0.200 e. The highest BCUT2D eigenvalue weighted by Crippen LogP contribution is 2.08. The van der Waals surface area contributed by atoms with Gasteiger partial charge in [-0.3, -0.25) is 0 Å². The molecule has 1 N–H and O–H groups in total. The van der Waals surface area contributed by atoms with Gasteiger partial charge in [0.1, 0.15) is 0 Å². The molecule has 0 aromatic carbocycles. The zero-order valence-corrected chi connectivity index (χ0v) is 12.7. The molecule has 0 saturated heterocycles. The van der Waals surface area contributed by atoms with E-state index in [9.17, 15) is 0 Å². The zero-order chi connectivity index (χ0) is 13.6. The van der Waals surface area contributed by atoms with E-state index >= 15 is 0 Å². The molecule has 0 aromatic rings. The molecule has 0 spiro atoms. The van der Waals surface area contributed by atoms with Gasteiger partial charge in [0.05, 0.1) is 0 Å². The van der Waals surface area contributed by atoms with Crippen molar-refractivity contribution in [2.45, 2.75) is 0 Å². The van der Waals surface area contributed by atoms with Crippen LogP contribution in [-0.2, 0) is 4.74 Å². The van der Waals surface area contributed by atoms with Crippen LogP contribution in [0.25, 0.3) is 0 Å². The van der Waals surface area contributed by atoms with E-state index in [0.29, 0.717) is 0 Å². The third-order valence-electron chi connectivity index (χ3n) is 1.76. The fraction of sp³-hybridized carbons (Fsp3) is 0.500. The van der Waals surface area contributed by atoms with Crippen molar-refractivity contribution in [1.82, 2.24) is 9.88 Å². The quantitative estimate of drug-likeness (QED) is 0.763. The molecule has 96 valence electrons. The molecule has 0 aliphatic heterocycles. The number of nitrogens with zero attached hydrogens (tertiary/aromatic N) is 1. The first-order chi connectivity index (χ1) is 7.45. The Morgan fingerprint density at radius 2 is 1.19 bits per heavy atom. The third kappa shape index (κ3) is 9.86. The number of ether oxygens (including phenoxy) is 1. The Bertz CT molecular complexity index is 158. The first-order valence-corrected chi connectivity index (χ1v) is 7.20. The van der Waals surface area contributed by atoms with Crippen molar-refractivity contribution in [1.29, 1.82) is 0 Å². The lowest BCUT2D eigenvalue weighted by molar-refractivity contribution is 0.277. The van der Waals surface area contributed by atoms with Gasteiger partial charge in [-0.1, -0.05) is 17.1 Å². The highest BCUT2D eigenvalue weighted by molar-refractivity contribution is 6.90. The topological polar surface area (TPSA) is 24.5 Å². The molecule has 0 radical (unpaired) electrons. The number of methoxy groups -OCH3 is 1. The van der Waals surface area contributed by atoms with Crippen LogP contribution in [0.5, 0.6) is 0 Å². The van der Waals surface area contributed by atoms with Gasteiger partial charge < -0.3 is 14.6 Å². The maximum atomic E-state index is 4.25. The van der Waals surface area contributed by atoms with E-state index in [4.69, 9.17) is 0 Å². The predicted molar refractivity (Wildman–Crippen MR) is 77.9 cm³/mol. The Kier molecular flexibility index (Phi) is 18.5. The molecule has 0 aliphatic rings. The molecule has 0 aromatic heterocycles. The van der Waals surface area contributed by atoms with Gasteiger partial charge in [0.2, 0.25) is 8.24 Å². The van der Waals surface area contributed by atoms with E-state index < -0.39 is 8.24 Å². The molecule has 0 atom stereocenters. The van der Waals surface area contributed by atoms with Crippen LogP contribution >= 0.6 is 0 Å². The van der Waals surface area contributed by atoms with Gasteiger partial charge in [0.15, 0.2) is 0 Å². The van der Waals surface area contributed by atoms with Crippen molar-refractivity contribution in [3.8, 4) is 0 Å². The Morgan fingerprint density at radius 3 is 1.19 bits per heavy atom. The molecule has 0 aliphatic carbocycles. The standard InChI is InChI=1S/C8H15NSi.C2H7N.C2H6O/c1-6-10(7-2,8-3)9(4)5;2*1-3-2/h6-8H,1-3H2,4-5H3;3H,1-2H3;1-2H3. The Morgan fingerprint density at radius 1 is 1.00 bits per heavy atom. The Labute approximate surface area is 103 Å². The van der Waals surface area contributed by atoms with Crippen LogP contribution in [0.4, 0.5) is 0 Å². The first kappa shape index (κ1) is 20.7. The summed E-state index contributed by atoms with van der Waals surface area (Å²) in [6.45, 7) is 11.3. The van der Waals surface area contributed by atoms with Crippen LogP contribution in [0, 0.1) is 0 Å². The highest BCUT2D eigenvalue weighted by atomic mass is 28.3. The molecule has 0 bridgehead atoms. The summed E-state index contributed by atoms with van der Waals surface area (Å²) in [7, 11) is 9.38. The minimum Gasteiger partial charge on any atom is -0.388 e. The predicted octanol–water partition coefficient (Wildman–Crippen LogP) is 1.77. The normalized spacial score (nSPS) is 9.19. The third-order valence-corrected chi connectivity index (χ3v) is 5.27. The zero-order valence-electron chi connectivity index (χ0n) is 11.7. The van der Waals surface area contributed by atoms with Gasteiger partial charge in [-0.2, -0.15) is 0 Å². The lowest BCUT2D eigenvalue weighted by Crippen LogP contribution is -2.44. The van der Waals surface area contributed by atoms with Crippen molar-refractivity contribution in [3.63, 3.8) is 0 Å². The van der Waals surface area contributed by atoms with Crippen molar-refractivity contribution in [3.05, 3.63) is 36.8 Å². The summed E-state index contributed by atoms with van der Waals surface area (Å²) < 4.78 is 6.39. The van der Waals surface area contributed by atoms with E-state index in [1.54, 1.807) is 14.2 Å². The second-order valence-corrected chi connectivity index (χ2v) is 7.20. The fourth-order valence-corrected chi connectivity index (χ4v) is 2.39. The molecule has 3 nitrogen and oxygen atoms in total. The fourth-order valence-electron chi connectivity index (χ4n) is 0.798. The summed E-state index contributed by atoms with van der Waals surface area (Å²) in [5, 5.41) is 2.75. The van der Waals surface area contributed by atoms with Crippen LogP contribution in [0.1, 0.15) is 0 Å². The van der Waals surface area contributed by atoms with Gasteiger partial charge >= 0.3 is 0 Å². The summed E-state index contributed by atoms with van der Waals surface area (Å²) in [5.74, 6) is 0. The van der Waals surface area contributed by atoms with Gasteiger partial charge in [-0.05, 0) is 28.2 Å². The second-order valence-electron chi connectivity index (χ2n) is 3.30. The molecule has 0 rings (SSSR count). The minimum absolute atomic E-state index is 1.62. The molecule has 0 amide bonds. The van der Waals surface area contributed by atoms with Crippen molar-refractivity contribution in [2.24, 2.45) is 0 Å².